The summed E-state index contributed by atoms with van der Waals surface area (Å²) < 4.78 is 15.2. The van der Waals surface area contributed by atoms with Gasteiger partial charge in [0.25, 0.3) is 0 Å². The molecule has 0 radical (unpaired) electrons. The van der Waals surface area contributed by atoms with Crippen molar-refractivity contribution in [3.05, 3.63) is 29.3 Å². The smallest absolute Gasteiger partial charge is 0.305 e. The zero-order valence-corrected chi connectivity index (χ0v) is 13.0. The summed E-state index contributed by atoms with van der Waals surface area (Å²) in [4.78, 5) is 15.7. The Kier molecular flexibility index (Phi) is 5.16. The second-order valence-corrected chi connectivity index (χ2v) is 5.14. The summed E-state index contributed by atoms with van der Waals surface area (Å²) in [5.41, 5.74) is 1.75. The topological polar surface area (TPSA) is 57.7 Å². The van der Waals surface area contributed by atoms with Crippen LogP contribution in [-0.4, -0.2) is 32.3 Å². The quantitative estimate of drug-likeness (QED) is 0.768. The predicted molar refractivity (Wildman–Crippen MR) is 81.0 cm³/mol. The van der Waals surface area contributed by atoms with Gasteiger partial charge in [0.05, 0.1) is 39.0 Å². The van der Waals surface area contributed by atoms with Gasteiger partial charge in [-0.15, -0.1) is 11.3 Å². The van der Waals surface area contributed by atoms with Crippen LogP contribution >= 0.6 is 11.3 Å². The first-order chi connectivity index (χ1) is 10.2. The standard InChI is InChI=1S/C15H17NO4S/c1-18-11-5-6-13(19-2)12(8-11)15-16-10(9-21-15)4-7-14(17)20-3/h5-6,8-9H,4,7H2,1-3H3. The zero-order valence-electron chi connectivity index (χ0n) is 12.2. The van der Waals surface area contributed by atoms with Crippen LogP contribution in [0.2, 0.25) is 0 Å². The van der Waals surface area contributed by atoms with Gasteiger partial charge in [-0.05, 0) is 18.2 Å². The Morgan fingerprint density at radius 1 is 1.24 bits per heavy atom. The van der Waals surface area contributed by atoms with Crippen molar-refractivity contribution >= 4 is 17.3 Å². The molecule has 6 heteroatoms. The average molecular weight is 307 g/mol. The molecule has 2 aromatic rings. The number of carbonyl (C=O) groups is 1. The summed E-state index contributed by atoms with van der Waals surface area (Å²) in [6, 6.07) is 5.58. The predicted octanol–water partition coefficient (Wildman–Crippen LogP) is 2.93. The van der Waals surface area contributed by atoms with Crippen LogP contribution in [0.3, 0.4) is 0 Å². The molecule has 21 heavy (non-hydrogen) atoms. The number of hydrogen-bond acceptors (Lipinski definition) is 6. The van der Waals surface area contributed by atoms with E-state index >= 15 is 0 Å². The fourth-order valence-electron chi connectivity index (χ4n) is 1.86. The molecule has 0 saturated heterocycles. The molecule has 0 spiro atoms. The number of thiazole rings is 1. The van der Waals surface area contributed by atoms with Crippen molar-refractivity contribution < 1.29 is 19.0 Å². The van der Waals surface area contributed by atoms with Gasteiger partial charge in [-0.25, -0.2) is 4.98 Å². The second kappa shape index (κ2) is 7.08. The fraction of sp³-hybridized carbons (Fsp3) is 0.333. The van der Waals surface area contributed by atoms with Crippen molar-refractivity contribution in [2.24, 2.45) is 0 Å². The van der Waals surface area contributed by atoms with E-state index in [2.05, 4.69) is 9.72 Å². The van der Waals surface area contributed by atoms with E-state index in [1.165, 1.54) is 18.4 Å². The first kappa shape index (κ1) is 15.3. The minimum Gasteiger partial charge on any atom is -0.497 e. The van der Waals surface area contributed by atoms with E-state index in [1.807, 2.05) is 23.6 Å². The Morgan fingerprint density at radius 2 is 2.05 bits per heavy atom. The third-order valence-corrected chi connectivity index (χ3v) is 3.93. The number of aryl methyl sites for hydroxylation is 1. The lowest BCUT2D eigenvalue weighted by atomic mass is 10.2. The van der Waals surface area contributed by atoms with Crippen LogP contribution in [-0.2, 0) is 16.0 Å². The number of carbonyl (C=O) groups excluding carboxylic acids is 1. The van der Waals surface area contributed by atoms with Gasteiger partial charge in [0.2, 0.25) is 0 Å². The van der Waals surface area contributed by atoms with E-state index in [9.17, 15) is 4.79 Å². The maximum Gasteiger partial charge on any atom is 0.305 e. The van der Waals surface area contributed by atoms with E-state index < -0.39 is 0 Å². The van der Waals surface area contributed by atoms with Gasteiger partial charge >= 0.3 is 5.97 Å². The number of rotatable bonds is 6. The minimum absolute atomic E-state index is 0.233. The van der Waals surface area contributed by atoms with Gasteiger partial charge in [-0.3, -0.25) is 4.79 Å². The molecular weight excluding hydrogens is 290 g/mol. The molecule has 0 amide bonds. The van der Waals surface area contributed by atoms with Gasteiger partial charge in [0.1, 0.15) is 16.5 Å². The van der Waals surface area contributed by atoms with Crippen LogP contribution in [0.1, 0.15) is 12.1 Å². The number of nitrogens with zero attached hydrogens (tertiary/aromatic N) is 1. The van der Waals surface area contributed by atoms with Crippen molar-refractivity contribution in [1.82, 2.24) is 4.98 Å². The van der Waals surface area contributed by atoms with Gasteiger partial charge in [-0.2, -0.15) is 0 Å². The number of benzene rings is 1. The van der Waals surface area contributed by atoms with Crippen molar-refractivity contribution in [1.29, 1.82) is 0 Å². The summed E-state index contributed by atoms with van der Waals surface area (Å²) in [5, 5.41) is 2.78. The molecule has 0 aliphatic rings. The van der Waals surface area contributed by atoms with E-state index in [4.69, 9.17) is 9.47 Å². The van der Waals surface area contributed by atoms with Crippen molar-refractivity contribution in [2.75, 3.05) is 21.3 Å². The monoisotopic (exact) mass is 307 g/mol. The summed E-state index contributed by atoms with van der Waals surface area (Å²) in [5.74, 6) is 1.25. The number of ether oxygens (including phenoxy) is 3. The summed E-state index contributed by atoms with van der Waals surface area (Å²) in [6.07, 6.45) is 0.893. The molecule has 0 unspecified atom stereocenters. The van der Waals surface area contributed by atoms with Crippen LogP contribution < -0.4 is 9.47 Å². The van der Waals surface area contributed by atoms with E-state index in [0.29, 0.717) is 12.8 Å². The first-order valence-electron chi connectivity index (χ1n) is 6.41. The average Bonchev–Trinajstić information content (AvgIpc) is 3.00. The first-order valence-corrected chi connectivity index (χ1v) is 7.29. The highest BCUT2D eigenvalue weighted by atomic mass is 32.1. The minimum atomic E-state index is -0.233. The lowest BCUT2D eigenvalue weighted by Crippen LogP contribution is -2.01. The van der Waals surface area contributed by atoms with Crippen molar-refractivity contribution in [2.45, 2.75) is 12.8 Å². The maximum atomic E-state index is 11.2. The largest absolute Gasteiger partial charge is 0.497 e. The maximum absolute atomic E-state index is 11.2. The van der Waals surface area contributed by atoms with Crippen LogP contribution in [0.4, 0.5) is 0 Å². The molecule has 1 aromatic carbocycles. The Labute approximate surface area is 127 Å². The highest BCUT2D eigenvalue weighted by molar-refractivity contribution is 7.13. The summed E-state index contributed by atoms with van der Waals surface area (Å²) >= 11 is 1.51. The summed E-state index contributed by atoms with van der Waals surface area (Å²) in [6.45, 7) is 0. The van der Waals surface area contributed by atoms with Crippen LogP contribution in [0, 0.1) is 0 Å². The van der Waals surface area contributed by atoms with Crippen LogP contribution in [0.25, 0.3) is 10.6 Å². The third-order valence-electron chi connectivity index (χ3n) is 3.00. The molecule has 0 N–H and O–H groups in total. The molecule has 0 fully saturated rings. The molecule has 1 aromatic heterocycles. The number of esters is 1. The Morgan fingerprint density at radius 3 is 2.71 bits per heavy atom. The molecular formula is C15H17NO4S. The normalized spacial score (nSPS) is 10.2. The molecule has 2 rings (SSSR count). The fourth-order valence-corrected chi connectivity index (χ4v) is 2.73. The van der Waals surface area contributed by atoms with Gasteiger partial charge in [0.15, 0.2) is 0 Å². The summed E-state index contributed by atoms with van der Waals surface area (Å²) in [7, 11) is 4.63. The molecule has 112 valence electrons. The van der Waals surface area contributed by atoms with Crippen molar-refractivity contribution in [3.63, 3.8) is 0 Å². The lowest BCUT2D eigenvalue weighted by molar-refractivity contribution is -0.140. The highest BCUT2D eigenvalue weighted by Crippen LogP contribution is 2.35. The molecule has 0 aliphatic carbocycles. The Bertz CT molecular complexity index is 624. The molecule has 0 bridgehead atoms. The van der Waals surface area contributed by atoms with Gasteiger partial charge in [-0.1, -0.05) is 0 Å². The number of aromatic nitrogens is 1. The van der Waals surface area contributed by atoms with Crippen LogP contribution in [0.15, 0.2) is 23.6 Å². The number of methoxy groups -OCH3 is 3. The van der Waals surface area contributed by atoms with Crippen LogP contribution in [0.5, 0.6) is 11.5 Å². The second-order valence-electron chi connectivity index (χ2n) is 4.29. The molecule has 0 atom stereocenters. The zero-order chi connectivity index (χ0) is 15.2. The van der Waals surface area contributed by atoms with Gasteiger partial charge in [0, 0.05) is 11.8 Å². The Balaban J connectivity index is 2.22. The lowest BCUT2D eigenvalue weighted by Gasteiger charge is -2.08. The number of hydrogen-bond donors (Lipinski definition) is 0. The SMILES string of the molecule is COC(=O)CCc1csc(-c2cc(OC)ccc2OC)n1. The third kappa shape index (κ3) is 3.72. The molecule has 1 heterocycles. The molecule has 0 aliphatic heterocycles. The Hall–Kier alpha value is -2.08. The van der Waals surface area contributed by atoms with E-state index in [-0.39, 0.29) is 5.97 Å². The highest BCUT2D eigenvalue weighted by Gasteiger charge is 2.12. The van der Waals surface area contributed by atoms with Crippen molar-refractivity contribution in [3.8, 4) is 22.1 Å². The molecule has 5 nitrogen and oxygen atoms in total. The van der Waals surface area contributed by atoms with E-state index in [0.717, 1.165) is 27.8 Å². The van der Waals surface area contributed by atoms with E-state index in [1.54, 1.807) is 14.2 Å². The van der Waals surface area contributed by atoms with Gasteiger partial charge < -0.3 is 14.2 Å². The molecule has 0 saturated carbocycles.